The van der Waals surface area contributed by atoms with Crippen LogP contribution in [0.4, 0.5) is 0 Å². The molecule has 0 aliphatic carbocycles. The predicted octanol–water partition coefficient (Wildman–Crippen LogP) is 1.94. The zero-order chi connectivity index (χ0) is 15.3. The fourth-order valence-corrected chi connectivity index (χ4v) is 2.57. The number of hydrogen-bond acceptors (Lipinski definition) is 4. The molecule has 1 saturated heterocycles. The standard InChI is InChI=1S/C16H23NO4/c1-13-5-3-6-14(9-13)20-8-4-7-17-11-16(2,12-17)21-10-15(18)19/h3,5-6,9H,4,7-8,10-12H2,1-2H3,(H,18,19). The number of aliphatic carboxylic acids is 1. The maximum Gasteiger partial charge on any atom is 0.329 e. The molecule has 2 rings (SSSR count). The number of rotatable bonds is 8. The van der Waals surface area contributed by atoms with E-state index in [9.17, 15) is 4.79 Å². The van der Waals surface area contributed by atoms with E-state index in [0.29, 0.717) is 6.61 Å². The highest BCUT2D eigenvalue weighted by atomic mass is 16.5. The van der Waals surface area contributed by atoms with Crippen molar-refractivity contribution in [2.45, 2.75) is 25.9 Å². The molecule has 0 aromatic heterocycles. The van der Waals surface area contributed by atoms with Crippen LogP contribution in [0.3, 0.4) is 0 Å². The first kappa shape index (κ1) is 15.8. The van der Waals surface area contributed by atoms with E-state index in [4.69, 9.17) is 14.6 Å². The van der Waals surface area contributed by atoms with Gasteiger partial charge in [-0.25, -0.2) is 4.79 Å². The number of carbonyl (C=O) groups is 1. The van der Waals surface area contributed by atoms with Gasteiger partial charge in [0.15, 0.2) is 0 Å². The summed E-state index contributed by atoms with van der Waals surface area (Å²) in [6.45, 7) is 6.97. The number of aryl methyl sites for hydroxylation is 1. The van der Waals surface area contributed by atoms with Crippen molar-refractivity contribution < 1.29 is 19.4 Å². The lowest BCUT2D eigenvalue weighted by molar-refractivity contribution is -0.164. The lowest BCUT2D eigenvalue weighted by atomic mass is 9.96. The van der Waals surface area contributed by atoms with E-state index in [1.807, 2.05) is 38.1 Å². The van der Waals surface area contributed by atoms with Crippen molar-refractivity contribution >= 4 is 5.97 Å². The lowest BCUT2D eigenvalue weighted by Crippen LogP contribution is -2.61. The van der Waals surface area contributed by atoms with Gasteiger partial charge in [-0.1, -0.05) is 12.1 Å². The van der Waals surface area contributed by atoms with Gasteiger partial charge in [-0.3, -0.25) is 4.90 Å². The van der Waals surface area contributed by atoms with Crippen LogP contribution in [0, 0.1) is 6.92 Å². The van der Waals surface area contributed by atoms with Crippen LogP contribution >= 0.6 is 0 Å². The molecule has 0 spiro atoms. The molecule has 0 unspecified atom stereocenters. The third kappa shape index (κ3) is 5.02. The van der Waals surface area contributed by atoms with Gasteiger partial charge in [0.2, 0.25) is 0 Å². The summed E-state index contributed by atoms with van der Waals surface area (Å²) >= 11 is 0. The first-order valence-corrected chi connectivity index (χ1v) is 7.24. The molecule has 5 nitrogen and oxygen atoms in total. The quantitative estimate of drug-likeness (QED) is 0.742. The third-order valence-electron chi connectivity index (χ3n) is 3.54. The molecular formula is C16H23NO4. The molecule has 1 aliphatic heterocycles. The summed E-state index contributed by atoms with van der Waals surface area (Å²) in [5.41, 5.74) is 0.886. The second-order valence-electron chi connectivity index (χ2n) is 5.86. The Morgan fingerprint density at radius 3 is 2.86 bits per heavy atom. The lowest BCUT2D eigenvalue weighted by Gasteiger charge is -2.47. The highest BCUT2D eigenvalue weighted by Crippen LogP contribution is 2.24. The minimum absolute atomic E-state index is 0.221. The smallest absolute Gasteiger partial charge is 0.329 e. The molecule has 0 saturated carbocycles. The average Bonchev–Trinajstić information content (AvgIpc) is 2.39. The van der Waals surface area contributed by atoms with Crippen LogP contribution < -0.4 is 4.74 Å². The number of likely N-dealkylation sites (tertiary alicyclic amines) is 1. The van der Waals surface area contributed by atoms with E-state index in [-0.39, 0.29) is 12.2 Å². The normalized spacial score (nSPS) is 17.2. The van der Waals surface area contributed by atoms with Crippen molar-refractivity contribution in [2.75, 3.05) is 32.8 Å². The fraction of sp³-hybridized carbons (Fsp3) is 0.562. The van der Waals surface area contributed by atoms with Crippen molar-refractivity contribution in [3.63, 3.8) is 0 Å². The molecule has 1 N–H and O–H groups in total. The highest BCUT2D eigenvalue weighted by molar-refractivity contribution is 5.68. The van der Waals surface area contributed by atoms with Gasteiger partial charge in [-0.2, -0.15) is 0 Å². The van der Waals surface area contributed by atoms with E-state index in [2.05, 4.69) is 4.90 Å². The molecule has 21 heavy (non-hydrogen) atoms. The number of nitrogens with zero attached hydrogens (tertiary/aromatic N) is 1. The molecule has 1 aromatic carbocycles. The van der Waals surface area contributed by atoms with Crippen LogP contribution in [-0.4, -0.2) is 54.4 Å². The van der Waals surface area contributed by atoms with Crippen LogP contribution in [0.15, 0.2) is 24.3 Å². The van der Waals surface area contributed by atoms with Crippen molar-refractivity contribution in [1.82, 2.24) is 4.90 Å². The van der Waals surface area contributed by atoms with Crippen molar-refractivity contribution in [3.05, 3.63) is 29.8 Å². The molecule has 116 valence electrons. The van der Waals surface area contributed by atoms with Gasteiger partial charge in [0.25, 0.3) is 0 Å². The van der Waals surface area contributed by atoms with Gasteiger partial charge >= 0.3 is 5.97 Å². The Kier molecular flexibility index (Phi) is 5.20. The molecule has 1 aliphatic rings. The van der Waals surface area contributed by atoms with Crippen LogP contribution in [0.5, 0.6) is 5.75 Å². The first-order valence-electron chi connectivity index (χ1n) is 7.24. The minimum Gasteiger partial charge on any atom is -0.494 e. The first-order chi connectivity index (χ1) is 9.97. The summed E-state index contributed by atoms with van der Waals surface area (Å²) in [4.78, 5) is 12.7. The van der Waals surface area contributed by atoms with Gasteiger partial charge in [0, 0.05) is 19.6 Å². The summed E-state index contributed by atoms with van der Waals surface area (Å²) in [5.74, 6) is -0.00512. The van der Waals surface area contributed by atoms with Crippen LogP contribution in [0.25, 0.3) is 0 Å². The maximum atomic E-state index is 10.5. The molecular weight excluding hydrogens is 270 g/mol. The van der Waals surface area contributed by atoms with Crippen LogP contribution in [-0.2, 0) is 9.53 Å². The molecule has 0 atom stereocenters. The topological polar surface area (TPSA) is 59.0 Å². The van der Waals surface area contributed by atoms with E-state index >= 15 is 0 Å². The summed E-state index contributed by atoms with van der Waals surface area (Å²) in [6, 6.07) is 8.03. The minimum atomic E-state index is -0.916. The summed E-state index contributed by atoms with van der Waals surface area (Å²) in [6.07, 6.45) is 0.947. The molecule has 0 bridgehead atoms. The SMILES string of the molecule is Cc1cccc(OCCCN2CC(C)(OCC(=O)O)C2)c1. The van der Waals surface area contributed by atoms with Gasteiger partial charge in [0.1, 0.15) is 12.4 Å². The van der Waals surface area contributed by atoms with E-state index in [1.165, 1.54) is 5.56 Å². The Hall–Kier alpha value is -1.59. The second-order valence-corrected chi connectivity index (χ2v) is 5.86. The van der Waals surface area contributed by atoms with E-state index < -0.39 is 5.97 Å². The Morgan fingerprint density at radius 1 is 1.43 bits per heavy atom. The highest BCUT2D eigenvalue weighted by Gasteiger charge is 2.39. The van der Waals surface area contributed by atoms with Crippen molar-refractivity contribution in [2.24, 2.45) is 0 Å². The zero-order valence-electron chi connectivity index (χ0n) is 12.7. The summed E-state index contributed by atoms with van der Waals surface area (Å²) < 4.78 is 11.1. The monoisotopic (exact) mass is 293 g/mol. The average molecular weight is 293 g/mol. The molecule has 1 aromatic rings. The number of ether oxygens (including phenoxy) is 2. The van der Waals surface area contributed by atoms with E-state index in [0.717, 1.165) is 31.8 Å². The maximum absolute atomic E-state index is 10.5. The predicted molar refractivity (Wildman–Crippen MR) is 79.7 cm³/mol. The fourth-order valence-electron chi connectivity index (χ4n) is 2.57. The number of hydrogen-bond donors (Lipinski definition) is 1. The Balaban J connectivity index is 1.58. The molecule has 0 amide bonds. The number of carboxylic acid groups (broad SMARTS) is 1. The Bertz CT molecular complexity index is 483. The number of benzene rings is 1. The molecule has 0 radical (unpaired) electrons. The summed E-state index contributed by atoms with van der Waals surface area (Å²) in [7, 11) is 0. The van der Waals surface area contributed by atoms with E-state index in [1.54, 1.807) is 0 Å². The van der Waals surface area contributed by atoms with Crippen molar-refractivity contribution in [1.29, 1.82) is 0 Å². The summed E-state index contributed by atoms with van der Waals surface area (Å²) in [5, 5.41) is 8.61. The van der Waals surface area contributed by atoms with Gasteiger partial charge < -0.3 is 14.6 Å². The van der Waals surface area contributed by atoms with Crippen molar-refractivity contribution in [3.8, 4) is 5.75 Å². The van der Waals surface area contributed by atoms with Gasteiger partial charge in [0.05, 0.1) is 12.2 Å². The largest absolute Gasteiger partial charge is 0.494 e. The zero-order valence-corrected chi connectivity index (χ0v) is 12.7. The van der Waals surface area contributed by atoms with Gasteiger partial charge in [-0.15, -0.1) is 0 Å². The molecule has 5 heteroatoms. The van der Waals surface area contributed by atoms with Gasteiger partial charge in [-0.05, 0) is 38.0 Å². The Labute approximate surface area is 125 Å². The molecule has 1 fully saturated rings. The van der Waals surface area contributed by atoms with Crippen LogP contribution in [0.1, 0.15) is 18.9 Å². The second kappa shape index (κ2) is 6.91. The van der Waals surface area contributed by atoms with Crippen LogP contribution in [0.2, 0.25) is 0 Å². The Morgan fingerprint density at radius 2 is 2.19 bits per heavy atom. The number of carboxylic acids is 1. The molecule has 1 heterocycles. The third-order valence-corrected chi connectivity index (χ3v) is 3.54.